The average Bonchev–Trinajstić information content (AvgIpc) is 3.25. The molecule has 0 spiro atoms. The minimum atomic E-state index is -0.698. The largest absolute Gasteiger partial charge is 0.494 e. The number of esters is 2. The van der Waals surface area contributed by atoms with Crippen molar-refractivity contribution in [3.63, 3.8) is 0 Å². The van der Waals surface area contributed by atoms with Crippen LogP contribution in [0.4, 0.5) is 5.69 Å². The van der Waals surface area contributed by atoms with E-state index < -0.39 is 18.6 Å². The lowest BCUT2D eigenvalue weighted by Crippen LogP contribution is -2.48. The zero-order valence-electron chi connectivity index (χ0n) is 22.1. The van der Waals surface area contributed by atoms with Crippen molar-refractivity contribution in [3.05, 3.63) is 59.7 Å². The van der Waals surface area contributed by atoms with E-state index in [2.05, 4.69) is 0 Å². The summed E-state index contributed by atoms with van der Waals surface area (Å²) in [4.78, 5) is 66.1. The molecule has 0 saturated carbocycles. The Morgan fingerprint density at radius 1 is 0.897 bits per heavy atom. The number of hydrogen-bond acceptors (Lipinski definition) is 9. The second-order valence-electron chi connectivity index (χ2n) is 9.38. The molecule has 2 aromatic rings. The molecule has 10 heteroatoms. The topological polar surface area (TPSA) is 120 Å². The molecule has 0 bridgehead atoms. The number of anilines is 1. The van der Waals surface area contributed by atoms with E-state index in [1.54, 1.807) is 31.2 Å². The van der Waals surface area contributed by atoms with E-state index in [4.69, 9.17) is 14.2 Å². The quantitative estimate of drug-likeness (QED) is 0.256. The van der Waals surface area contributed by atoms with Crippen LogP contribution in [-0.2, 0) is 23.9 Å². The van der Waals surface area contributed by atoms with Crippen molar-refractivity contribution in [1.29, 1.82) is 0 Å². The number of rotatable bonds is 10. The predicted octanol–water partition coefficient (Wildman–Crippen LogP) is 3.03. The lowest BCUT2D eigenvalue weighted by Gasteiger charge is -2.34. The molecule has 0 aromatic heterocycles. The van der Waals surface area contributed by atoms with Gasteiger partial charge in [0, 0.05) is 12.1 Å². The molecule has 2 aliphatic rings. The van der Waals surface area contributed by atoms with E-state index in [0.29, 0.717) is 49.7 Å². The standard InChI is InChI=1S/C29H32N2O8/c1-3-37-23-13-9-19(10-14-23)25(32)18-39-28(35)20-7-11-22(12-8-20)31-26(33)16-24(27(31)34)30-15-5-6-21(17-30)29(36)38-4-2/h7-14,21,24H,3-6,15-18H2,1-2H3. The van der Waals surface area contributed by atoms with Gasteiger partial charge >= 0.3 is 11.9 Å². The fourth-order valence-corrected chi connectivity index (χ4v) is 4.86. The third-order valence-corrected chi connectivity index (χ3v) is 6.82. The molecule has 2 saturated heterocycles. The van der Waals surface area contributed by atoms with E-state index in [0.717, 1.165) is 11.3 Å². The second-order valence-corrected chi connectivity index (χ2v) is 9.38. The van der Waals surface area contributed by atoms with Gasteiger partial charge in [0.15, 0.2) is 12.4 Å². The van der Waals surface area contributed by atoms with E-state index in [1.165, 1.54) is 24.3 Å². The number of ether oxygens (including phenoxy) is 3. The third-order valence-electron chi connectivity index (χ3n) is 6.82. The normalized spacial score (nSPS) is 19.6. The molecule has 39 heavy (non-hydrogen) atoms. The zero-order valence-corrected chi connectivity index (χ0v) is 22.1. The third kappa shape index (κ3) is 6.51. The van der Waals surface area contributed by atoms with Crippen molar-refractivity contribution in [3.8, 4) is 5.75 Å². The summed E-state index contributed by atoms with van der Waals surface area (Å²) < 4.78 is 15.7. The molecule has 2 atom stereocenters. The van der Waals surface area contributed by atoms with Gasteiger partial charge in [-0.25, -0.2) is 9.69 Å². The summed E-state index contributed by atoms with van der Waals surface area (Å²) in [6.07, 6.45) is 1.45. The van der Waals surface area contributed by atoms with Gasteiger partial charge in [-0.3, -0.25) is 24.1 Å². The highest BCUT2D eigenvalue weighted by Gasteiger charge is 2.44. The molecule has 2 unspecified atom stereocenters. The molecule has 206 valence electrons. The summed E-state index contributed by atoms with van der Waals surface area (Å²) in [6.45, 7) is 4.99. The summed E-state index contributed by atoms with van der Waals surface area (Å²) in [7, 11) is 0. The van der Waals surface area contributed by atoms with Gasteiger partial charge in [-0.15, -0.1) is 0 Å². The average molecular weight is 537 g/mol. The number of amides is 2. The van der Waals surface area contributed by atoms with Crippen LogP contribution >= 0.6 is 0 Å². The minimum Gasteiger partial charge on any atom is -0.494 e. The van der Waals surface area contributed by atoms with E-state index in [9.17, 15) is 24.0 Å². The fourth-order valence-electron chi connectivity index (χ4n) is 4.86. The Morgan fingerprint density at radius 3 is 2.26 bits per heavy atom. The van der Waals surface area contributed by atoms with Crippen molar-refractivity contribution in [2.24, 2.45) is 5.92 Å². The van der Waals surface area contributed by atoms with E-state index >= 15 is 0 Å². The smallest absolute Gasteiger partial charge is 0.338 e. The molecular formula is C29H32N2O8. The van der Waals surface area contributed by atoms with Gasteiger partial charge in [0.1, 0.15) is 5.75 Å². The van der Waals surface area contributed by atoms with Crippen molar-refractivity contribution in [2.45, 2.75) is 39.2 Å². The first-order chi connectivity index (χ1) is 18.8. The number of likely N-dealkylation sites (tertiary alicyclic amines) is 1. The van der Waals surface area contributed by atoms with Gasteiger partial charge in [-0.2, -0.15) is 0 Å². The maximum Gasteiger partial charge on any atom is 0.338 e. The molecule has 2 aliphatic heterocycles. The number of carbonyl (C=O) groups excluding carboxylic acids is 5. The fraction of sp³-hybridized carbons (Fsp3) is 0.414. The maximum absolute atomic E-state index is 13.2. The van der Waals surface area contributed by atoms with Gasteiger partial charge in [0.2, 0.25) is 5.91 Å². The molecule has 0 radical (unpaired) electrons. The van der Waals surface area contributed by atoms with Crippen molar-refractivity contribution >= 4 is 35.2 Å². The second kappa shape index (κ2) is 12.7. The van der Waals surface area contributed by atoms with Crippen LogP contribution in [0.25, 0.3) is 0 Å². The molecular weight excluding hydrogens is 504 g/mol. The monoisotopic (exact) mass is 536 g/mol. The number of carbonyl (C=O) groups is 5. The number of ketones is 1. The highest BCUT2D eigenvalue weighted by molar-refractivity contribution is 6.22. The SMILES string of the molecule is CCOC(=O)C1CCCN(C2CC(=O)N(c3ccc(C(=O)OCC(=O)c4ccc(OCC)cc4)cc3)C2=O)C1. The molecule has 4 rings (SSSR count). The van der Waals surface area contributed by atoms with Crippen LogP contribution in [0.2, 0.25) is 0 Å². The maximum atomic E-state index is 13.2. The zero-order chi connectivity index (χ0) is 27.9. The number of piperidine rings is 1. The Labute approximate surface area is 226 Å². The Balaban J connectivity index is 1.34. The molecule has 0 N–H and O–H groups in total. The van der Waals surface area contributed by atoms with Crippen molar-refractivity contribution in [2.75, 3.05) is 37.8 Å². The van der Waals surface area contributed by atoms with Crippen molar-refractivity contribution < 1.29 is 38.2 Å². The van der Waals surface area contributed by atoms with Gasteiger partial charge < -0.3 is 14.2 Å². The molecule has 10 nitrogen and oxygen atoms in total. The Kier molecular flexibility index (Phi) is 9.08. The lowest BCUT2D eigenvalue weighted by atomic mass is 9.96. The van der Waals surface area contributed by atoms with Crippen LogP contribution in [0.3, 0.4) is 0 Å². The molecule has 2 fully saturated rings. The summed E-state index contributed by atoms with van der Waals surface area (Å²) in [6, 6.07) is 11.8. The van der Waals surface area contributed by atoms with Crippen molar-refractivity contribution in [1.82, 2.24) is 4.90 Å². The Morgan fingerprint density at radius 2 is 1.59 bits per heavy atom. The Hall–Kier alpha value is -4.05. The summed E-state index contributed by atoms with van der Waals surface area (Å²) in [5, 5.41) is 0. The van der Waals surface area contributed by atoms with E-state index in [1.807, 2.05) is 11.8 Å². The Bertz CT molecular complexity index is 1220. The number of benzene rings is 2. The number of nitrogens with zero attached hydrogens (tertiary/aromatic N) is 2. The summed E-state index contributed by atoms with van der Waals surface area (Å²) >= 11 is 0. The highest BCUT2D eigenvalue weighted by atomic mass is 16.5. The van der Waals surface area contributed by atoms with Gasteiger partial charge in [0.05, 0.1) is 42.8 Å². The van der Waals surface area contributed by atoms with Gasteiger partial charge in [-0.05, 0) is 81.8 Å². The first-order valence-electron chi connectivity index (χ1n) is 13.1. The van der Waals surface area contributed by atoms with Crippen LogP contribution in [0.5, 0.6) is 5.75 Å². The minimum absolute atomic E-state index is 0.0197. The summed E-state index contributed by atoms with van der Waals surface area (Å²) in [5.74, 6) is -1.72. The lowest BCUT2D eigenvalue weighted by molar-refractivity contribution is -0.150. The highest BCUT2D eigenvalue weighted by Crippen LogP contribution is 2.29. The van der Waals surface area contributed by atoms with Crippen LogP contribution in [0.15, 0.2) is 48.5 Å². The molecule has 2 aromatic carbocycles. The van der Waals surface area contributed by atoms with Crippen LogP contribution in [0, 0.1) is 5.92 Å². The molecule has 2 heterocycles. The predicted molar refractivity (Wildman–Crippen MR) is 140 cm³/mol. The summed E-state index contributed by atoms with van der Waals surface area (Å²) in [5.41, 5.74) is 0.917. The van der Waals surface area contributed by atoms with Gasteiger partial charge in [-0.1, -0.05) is 0 Å². The van der Waals surface area contributed by atoms with Crippen LogP contribution in [-0.4, -0.2) is 73.4 Å². The van der Waals surface area contributed by atoms with E-state index in [-0.39, 0.29) is 41.5 Å². The van der Waals surface area contributed by atoms with Crippen LogP contribution < -0.4 is 9.64 Å². The van der Waals surface area contributed by atoms with Gasteiger partial charge in [0.25, 0.3) is 5.91 Å². The number of hydrogen-bond donors (Lipinski definition) is 0. The molecule has 2 amide bonds. The number of Topliss-reactive ketones (excluding diaryl/α,β-unsaturated/α-hetero) is 1. The number of imide groups is 1. The van der Waals surface area contributed by atoms with Crippen LogP contribution in [0.1, 0.15) is 53.8 Å². The first kappa shape index (κ1) is 28.0. The first-order valence-corrected chi connectivity index (χ1v) is 13.1. The molecule has 0 aliphatic carbocycles.